The van der Waals surface area contributed by atoms with Crippen LogP contribution in [-0.4, -0.2) is 49.3 Å². The molecule has 1 amide bonds. The van der Waals surface area contributed by atoms with E-state index in [1.54, 1.807) is 12.1 Å². The highest BCUT2D eigenvalue weighted by molar-refractivity contribution is 6.33. The lowest BCUT2D eigenvalue weighted by Crippen LogP contribution is -2.28. The van der Waals surface area contributed by atoms with E-state index < -0.39 is 0 Å². The summed E-state index contributed by atoms with van der Waals surface area (Å²) in [6, 6.07) is 11.1. The quantitative estimate of drug-likeness (QED) is 0.523. The predicted molar refractivity (Wildman–Crippen MR) is 108 cm³/mol. The minimum atomic E-state index is -0.283. The molecule has 148 valence electrons. The standard InChI is InChI=1S/C19H18ClN7O2/c1-12-23-15-5-3-4-6-16(15)26(12)8-7-21-19(28)13-9-14(20)17(10-18(13)29-2)27-11-22-24-25-27/h3-6,9-11H,7-8H2,1-2H3,(H,21,28). The molecule has 2 heterocycles. The molecule has 0 aliphatic heterocycles. The largest absolute Gasteiger partial charge is 0.496 e. The van der Waals surface area contributed by atoms with Gasteiger partial charge in [0, 0.05) is 19.2 Å². The molecular formula is C19H18ClN7O2. The molecule has 4 aromatic rings. The van der Waals surface area contributed by atoms with Gasteiger partial charge in [0.1, 0.15) is 17.9 Å². The van der Waals surface area contributed by atoms with Crippen LogP contribution in [0.15, 0.2) is 42.7 Å². The lowest BCUT2D eigenvalue weighted by atomic mass is 10.1. The SMILES string of the molecule is COc1cc(-n2cnnn2)c(Cl)cc1C(=O)NCCn1c(C)nc2ccccc21. The molecule has 29 heavy (non-hydrogen) atoms. The molecule has 0 radical (unpaired) electrons. The number of tetrazole rings is 1. The van der Waals surface area contributed by atoms with E-state index in [9.17, 15) is 4.79 Å². The van der Waals surface area contributed by atoms with Gasteiger partial charge in [0.25, 0.3) is 5.91 Å². The minimum absolute atomic E-state index is 0.283. The van der Waals surface area contributed by atoms with Gasteiger partial charge in [0.2, 0.25) is 0 Å². The number of carbonyl (C=O) groups excluding carboxylic acids is 1. The summed E-state index contributed by atoms with van der Waals surface area (Å²) >= 11 is 6.33. The summed E-state index contributed by atoms with van der Waals surface area (Å²) in [5.41, 5.74) is 2.82. The average Bonchev–Trinajstić information content (AvgIpc) is 3.36. The summed E-state index contributed by atoms with van der Waals surface area (Å²) < 4.78 is 8.84. The van der Waals surface area contributed by atoms with Crippen molar-refractivity contribution in [3.63, 3.8) is 0 Å². The summed E-state index contributed by atoms with van der Waals surface area (Å²) in [7, 11) is 1.49. The normalized spacial score (nSPS) is 11.0. The lowest BCUT2D eigenvalue weighted by Gasteiger charge is -2.13. The molecule has 0 aliphatic carbocycles. The Hall–Kier alpha value is -3.46. The van der Waals surface area contributed by atoms with Crippen molar-refractivity contribution in [3.8, 4) is 11.4 Å². The summed E-state index contributed by atoms with van der Waals surface area (Å²) in [6.45, 7) is 2.97. The molecule has 10 heteroatoms. The number of fused-ring (bicyclic) bond motifs is 1. The van der Waals surface area contributed by atoms with Crippen LogP contribution in [0, 0.1) is 6.92 Å². The highest BCUT2D eigenvalue weighted by Crippen LogP contribution is 2.29. The first-order valence-corrected chi connectivity index (χ1v) is 9.27. The maximum atomic E-state index is 12.7. The maximum Gasteiger partial charge on any atom is 0.255 e. The molecule has 4 rings (SSSR count). The highest BCUT2D eigenvalue weighted by atomic mass is 35.5. The Balaban J connectivity index is 1.51. The van der Waals surface area contributed by atoms with Crippen molar-refractivity contribution in [1.82, 2.24) is 35.1 Å². The topological polar surface area (TPSA) is 99.8 Å². The van der Waals surface area contributed by atoms with Crippen molar-refractivity contribution < 1.29 is 9.53 Å². The van der Waals surface area contributed by atoms with Crippen LogP contribution in [-0.2, 0) is 6.54 Å². The number of aromatic nitrogens is 6. The molecule has 0 fully saturated rings. The van der Waals surface area contributed by atoms with E-state index in [-0.39, 0.29) is 5.91 Å². The van der Waals surface area contributed by atoms with Crippen LogP contribution >= 0.6 is 11.6 Å². The third kappa shape index (κ3) is 3.64. The Bertz CT molecular complexity index is 1170. The van der Waals surface area contributed by atoms with Gasteiger partial charge in [-0.05, 0) is 35.5 Å². The number of carbonyl (C=O) groups is 1. The van der Waals surface area contributed by atoms with E-state index in [1.165, 1.54) is 18.1 Å². The number of ether oxygens (including phenoxy) is 1. The van der Waals surface area contributed by atoms with Crippen LogP contribution in [0.5, 0.6) is 5.75 Å². The van der Waals surface area contributed by atoms with Crippen LogP contribution in [0.25, 0.3) is 16.7 Å². The maximum absolute atomic E-state index is 12.7. The Morgan fingerprint density at radius 3 is 2.86 bits per heavy atom. The van der Waals surface area contributed by atoms with Gasteiger partial charge in [0.05, 0.1) is 34.4 Å². The van der Waals surface area contributed by atoms with E-state index in [0.717, 1.165) is 16.9 Å². The minimum Gasteiger partial charge on any atom is -0.496 e. The molecule has 9 nitrogen and oxygen atoms in total. The Morgan fingerprint density at radius 2 is 2.10 bits per heavy atom. The number of benzene rings is 2. The van der Waals surface area contributed by atoms with Gasteiger partial charge in [-0.25, -0.2) is 4.98 Å². The number of hydrogen-bond donors (Lipinski definition) is 1. The predicted octanol–water partition coefficient (Wildman–Crippen LogP) is 2.41. The molecule has 0 saturated heterocycles. The molecule has 1 N–H and O–H groups in total. The number of amides is 1. The smallest absolute Gasteiger partial charge is 0.255 e. The molecule has 2 aromatic heterocycles. The summed E-state index contributed by atoms with van der Waals surface area (Å²) in [5, 5.41) is 14.2. The second-order valence-electron chi connectivity index (χ2n) is 6.31. The summed E-state index contributed by atoms with van der Waals surface area (Å²) in [5.74, 6) is 0.989. The molecule has 0 spiro atoms. The van der Waals surface area contributed by atoms with Crippen LogP contribution in [0.2, 0.25) is 5.02 Å². The Kier molecular flexibility index (Phi) is 5.13. The lowest BCUT2D eigenvalue weighted by molar-refractivity contribution is 0.0949. The van der Waals surface area contributed by atoms with Gasteiger partial charge in [-0.1, -0.05) is 23.7 Å². The van der Waals surface area contributed by atoms with Crippen molar-refractivity contribution in [2.24, 2.45) is 0 Å². The van der Waals surface area contributed by atoms with Crippen molar-refractivity contribution in [3.05, 3.63) is 59.1 Å². The zero-order valence-electron chi connectivity index (χ0n) is 15.8. The Morgan fingerprint density at radius 1 is 1.28 bits per heavy atom. The van der Waals surface area contributed by atoms with Crippen molar-refractivity contribution in [2.45, 2.75) is 13.5 Å². The fourth-order valence-corrected chi connectivity index (χ4v) is 3.44. The first-order valence-electron chi connectivity index (χ1n) is 8.89. The monoisotopic (exact) mass is 411 g/mol. The van der Waals surface area contributed by atoms with Crippen molar-refractivity contribution in [1.29, 1.82) is 0 Å². The zero-order chi connectivity index (χ0) is 20.4. The Labute approximate surface area is 171 Å². The molecule has 0 unspecified atom stereocenters. The first-order chi connectivity index (χ1) is 14.1. The number of methoxy groups -OCH3 is 1. The van der Waals surface area contributed by atoms with Gasteiger partial charge in [-0.3, -0.25) is 4.79 Å². The number of nitrogens with one attached hydrogen (secondary N) is 1. The van der Waals surface area contributed by atoms with Crippen LogP contribution in [0.3, 0.4) is 0 Å². The van der Waals surface area contributed by atoms with E-state index in [1.807, 2.05) is 31.2 Å². The van der Waals surface area contributed by atoms with Crippen LogP contribution in [0.4, 0.5) is 0 Å². The number of aryl methyl sites for hydroxylation is 1. The molecular weight excluding hydrogens is 394 g/mol. The second kappa shape index (κ2) is 7.88. The number of halogens is 1. The fraction of sp³-hybridized carbons (Fsp3) is 0.211. The number of nitrogens with zero attached hydrogens (tertiary/aromatic N) is 6. The summed E-state index contributed by atoms with van der Waals surface area (Å²) in [6.07, 6.45) is 1.41. The number of para-hydroxylation sites is 2. The van der Waals surface area contributed by atoms with E-state index in [4.69, 9.17) is 16.3 Å². The van der Waals surface area contributed by atoms with Gasteiger partial charge in [0.15, 0.2) is 0 Å². The molecule has 0 atom stereocenters. The molecule has 0 saturated carbocycles. The number of rotatable bonds is 6. The van der Waals surface area contributed by atoms with Crippen molar-refractivity contribution >= 4 is 28.5 Å². The molecule has 2 aromatic carbocycles. The first kappa shape index (κ1) is 18.9. The van der Waals surface area contributed by atoms with Gasteiger partial charge in [-0.15, -0.1) is 5.10 Å². The third-order valence-corrected chi connectivity index (χ3v) is 4.88. The van der Waals surface area contributed by atoms with Crippen molar-refractivity contribution in [2.75, 3.05) is 13.7 Å². The van der Waals surface area contributed by atoms with Crippen LogP contribution in [0.1, 0.15) is 16.2 Å². The van der Waals surface area contributed by atoms with Gasteiger partial charge in [-0.2, -0.15) is 4.68 Å². The van der Waals surface area contributed by atoms with E-state index in [0.29, 0.717) is 35.1 Å². The number of hydrogen-bond acceptors (Lipinski definition) is 6. The fourth-order valence-electron chi connectivity index (χ4n) is 3.19. The van der Waals surface area contributed by atoms with E-state index in [2.05, 4.69) is 30.4 Å². The molecule has 0 bridgehead atoms. The second-order valence-corrected chi connectivity index (χ2v) is 6.72. The van der Waals surface area contributed by atoms with Gasteiger partial charge < -0.3 is 14.6 Å². The average molecular weight is 412 g/mol. The van der Waals surface area contributed by atoms with E-state index >= 15 is 0 Å². The highest BCUT2D eigenvalue weighted by Gasteiger charge is 2.17. The molecule has 0 aliphatic rings. The van der Waals surface area contributed by atoms with Crippen LogP contribution < -0.4 is 10.1 Å². The summed E-state index contributed by atoms with van der Waals surface area (Å²) in [4.78, 5) is 17.3. The third-order valence-electron chi connectivity index (χ3n) is 4.58. The van der Waals surface area contributed by atoms with Gasteiger partial charge >= 0.3 is 0 Å². The zero-order valence-corrected chi connectivity index (χ0v) is 16.6. The number of imidazole rings is 1.